The van der Waals surface area contributed by atoms with Crippen LogP contribution in [0.2, 0.25) is 5.15 Å². The first-order valence-electron chi connectivity index (χ1n) is 8.95. The molecule has 0 amide bonds. The fourth-order valence-corrected chi connectivity index (χ4v) is 4.53. The Kier molecular flexibility index (Phi) is 5.26. The highest BCUT2D eigenvalue weighted by atomic mass is 35.5. The zero-order valence-electron chi connectivity index (χ0n) is 15.2. The van der Waals surface area contributed by atoms with Gasteiger partial charge in [-0.05, 0) is 0 Å². The molecule has 0 aliphatic carbocycles. The van der Waals surface area contributed by atoms with E-state index in [1.165, 1.54) is 10.6 Å². The highest BCUT2D eigenvalue weighted by Crippen LogP contribution is 2.22. The molecule has 27 heavy (non-hydrogen) atoms. The molecule has 148 valence electrons. The molecule has 0 aromatic carbocycles. The van der Waals surface area contributed by atoms with Crippen LogP contribution in [0.25, 0.3) is 5.65 Å². The van der Waals surface area contributed by atoms with Gasteiger partial charge in [-0.3, -0.25) is 4.90 Å². The number of anilines is 1. The summed E-state index contributed by atoms with van der Waals surface area (Å²) in [5.41, 5.74) is 1.61. The monoisotopic (exact) mass is 414 g/mol. The van der Waals surface area contributed by atoms with Gasteiger partial charge in [0, 0.05) is 57.9 Å². The van der Waals surface area contributed by atoms with Gasteiger partial charge >= 0.3 is 0 Å². The van der Waals surface area contributed by atoms with Crippen LogP contribution >= 0.6 is 11.6 Å². The van der Waals surface area contributed by atoms with Gasteiger partial charge in [0.05, 0.1) is 25.2 Å². The van der Waals surface area contributed by atoms with Crippen LogP contribution in [0.15, 0.2) is 12.1 Å². The summed E-state index contributed by atoms with van der Waals surface area (Å²) < 4.78 is 32.1. The van der Waals surface area contributed by atoms with Crippen molar-refractivity contribution in [3.63, 3.8) is 0 Å². The Balaban J connectivity index is 1.52. The lowest BCUT2D eigenvalue weighted by Gasteiger charge is -2.32. The highest BCUT2D eigenvalue weighted by Gasteiger charge is 2.24. The maximum Gasteiger partial charge on any atom is 0.211 e. The molecule has 0 atom stereocenters. The van der Waals surface area contributed by atoms with Crippen molar-refractivity contribution in [2.75, 3.05) is 63.6 Å². The Morgan fingerprint density at radius 3 is 2.48 bits per heavy atom. The number of hydrogen-bond acceptors (Lipinski definition) is 7. The van der Waals surface area contributed by atoms with E-state index in [1.807, 2.05) is 16.6 Å². The largest absolute Gasteiger partial charge is 0.378 e. The van der Waals surface area contributed by atoms with Crippen molar-refractivity contribution in [3.05, 3.63) is 23.0 Å². The summed E-state index contributed by atoms with van der Waals surface area (Å²) in [6.45, 7) is 5.99. The van der Waals surface area contributed by atoms with Gasteiger partial charge in [-0.15, -0.1) is 0 Å². The van der Waals surface area contributed by atoms with Crippen molar-refractivity contribution in [1.29, 1.82) is 0 Å². The maximum atomic E-state index is 11.6. The minimum absolute atomic E-state index is 0.442. The number of morpholine rings is 1. The molecule has 11 heteroatoms. The molecule has 4 rings (SSSR count). The van der Waals surface area contributed by atoms with Crippen LogP contribution in [-0.4, -0.2) is 91.0 Å². The van der Waals surface area contributed by atoms with Crippen LogP contribution in [0.1, 0.15) is 5.69 Å². The summed E-state index contributed by atoms with van der Waals surface area (Å²) >= 11 is 6.22. The molecule has 0 spiro atoms. The molecule has 2 fully saturated rings. The Morgan fingerprint density at radius 1 is 1.11 bits per heavy atom. The van der Waals surface area contributed by atoms with E-state index in [1.54, 1.807) is 0 Å². The summed E-state index contributed by atoms with van der Waals surface area (Å²) in [5.74, 6) is 0.918. The minimum atomic E-state index is -3.12. The second-order valence-electron chi connectivity index (χ2n) is 6.88. The van der Waals surface area contributed by atoms with Crippen molar-refractivity contribution in [3.8, 4) is 0 Å². The average molecular weight is 415 g/mol. The molecule has 2 aromatic heterocycles. The quantitative estimate of drug-likeness (QED) is 0.665. The van der Waals surface area contributed by atoms with Gasteiger partial charge in [-0.25, -0.2) is 13.4 Å². The molecular formula is C16H23ClN6O3S. The molecule has 2 aliphatic heterocycles. The number of rotatable bonds is 4. The summed E-state index contributed by atoms with van der Waals surface area (Å²) in [5, 5.41) is 5.17. The molecular weight excluding hydrogens is 392 g/mol. The molecule has 0 N–H and O–H groups in total. The smallest absolute Gasteiger partial charge is 0.211 e. The maximum absolute atomic E-state index is 11.6. The molecule has 4 heterocycles. The van der Waals surface area contributed by atoms with E-state index in [0.29, 0.717) is 56.7 Å². The first-order valence-corrected chi connectivity index (χ1v) is 11.2. The summed E-state index contributed by atoms with van der Waals surface area (Å²) in [7, 11) is -3.12. The first-order chi connectivity index (χ1) is 12.9. The minimum Gasteiger partial charge on any atom is -0.378 e. The Labute approximate surface area is 163 Å². The normalized spacial score (nSPS) is 20.4. The molecule has 2 saturated heterocycles. The van der Waals surface area contributed by atoms with Gasteiger partial charge in [0.25, 0.3) is 0 Å². The lowest BCUT2D eigenvalue weighted by Crippen LogP contribution is -2.47. The van der Waals surface area contributed by atoms with Gasteiger partial charge in [-0.1, -0.05) is 11.6 Å². The number of nitrogens with zero attached hydrogens (tertiary/aromatic N) is 6. The van der Waals surface area contributed by atoms with Gasteiger partial charge < -0.3 is 9.64 Å². The predicted octanol–water partition coefficient (Wildman–Crippen LogP) is 0.297. The molecule has 0 radical (unpaired) electrons. The van der Waals surface area contributed by atoms with E-state index in [2.05, 4.69) is 14.8 Å². The number of sulfonamides is 1. The molecule has 2 aliphatic rings. The lowest BCUT2D eigenvalue weighted by atomic mass is 10.3. The van der Waals surface area contributed by atoms with Gasteiger partial charge in [-0.2, -0.15) is 13.9 Å². The van der Waals surface area contributed by atoms with Crippen LogP contribution < -0.4 is 4.90 Å². The molecule has 0 saturated carbocycles. The van der Waals surface area contributed by atoms with Crippen LogP contribution in [0.5, 0.6) is 0 Å². The van der Waals surface area contributed by atoms with Gasteiger partial charge in [0.1, 0.15) is 11.0 Å². The summed E-state index contributed by atoms with van der Waals surface area (Å²) in [4.78, 5) is 8.80. The van der Waals surface area contributed by atoms with Crippen molar-refractivity contribution < 1.29 is 13.2 Å². The number of hydrogen-bond donors (Lipinski definition) is 0. The number of aromatic nitrogens is 3. The van der Waals surface area contributed by atoms with Crippen LogP contribution in [0.4, 0.5) is 5.82 Å². The van der Waals surface area contributed by atoms with Crippen molar-refractivity contribution in [2.45, 2.75) is 6.54 Å². The molecule has 0 unspecified atom stereocenters. The summed E-state index contributed by atoms with van der Waals surface area (Å²) in [6.07, 6.45) is 1.26. The van der Waals surface area contributed by atoms with Crippen LogP contribution in [0.3, 0.4) is 0 Å². The zero-order valence-corrected chi connectivity index (χ0v) is 16.8. The Hall–Kier alpha value is -1.46. The van der Waals surface area contributed by atoms with Crippen LogP contribution in [0, 0.1) is 0 Å². The second-order valence-corrected chi connectivity index (χ2v) is 9.25. The van der Waals surface area contributed by atoms with E-state index in [-0.39, 0.29) is 0 Å². The standard InChI is InChI=1S/C16H23ClN6O3S/c1-27(24,25)22-4-2-20(3-5-22)12-13-10-15-18-14(17)11-16(23(15)19-13)21-6-8-26-9-7-21/h10-11H,2-9,12H2,1H3. The van der Waals surface area contributed by atoms with Crippen molar-refractivity contribution >= 4 is 33.1 Å². The summed E-state index contributed by atoms with van der Waals surface area (Å²) in [6, 6.07) is 3.78. The number of halogens is 1. The number of piperazine rings is 1. The molecule has 0 bridgehead atoms. The van der Waals surface area contributed by atoms with Crippen molar-refractivity contribution in [1.82, 2.24) is 23.8 Å². The third-order valence-electron chi connectivity index (χ3n) is 4.95. The molecule has 9 nitrogen and oxygen atoms in total. The lowest BCUT2D eigenvalue weighted by molar-refractivity contribution is 0.122. The van der Waals surface area contributed by atoms with E-state index in [9.17, 15) is 8.42 Å². The Bertz CT molecular complexity index is 920. The Morgan fingerprint density at radius 2 is 1.81 bits per heavy atom. The van der Waals surface area contributed by atoms with E-state index in [4.69, 9.17) is 21.4 Å². The fraction of sp³-hybridized carbons (Fsp3) is 0.625. The van der Waals surface area contributed by atoms with Crippen molar-refractivity contribution in [2.24, 2.45) is 0 Å². The van der Waals surface area contributed by atoms with E-state index in [0.717, 1.165) is 24.6 Å². The molecule has 2 aromatic rings. The number of ether oxygens (including phenoxy) is 1. The van der Waals surface area contributed by atoms with Crippen LogP contribution in [-0.2, 0) is 21.3 Å². The third kappa shape index (κ3) is 4.19. The van der Waals surface area contributed by atoms with E-state index >= 15 is 0 Å². The second kappa shape index (κ2) is 7.51. The fourth-order valence-electron chi connectivity index (χ4n) is 3.52. The first kappa shape index (κ1) is 18.9. The predicted molar refractivity (Wildman–Crippen MR) is 103 cm³/mol. The average Bonchev–Trinajstić information content (AvgIpc) is 3.03. The highest BCUT2D eigenvalue weighted by molar-refractivity contribution is 7.88. The third-order valence-corrected chi connectivity index (χ3v) is 6.45. The van der Waals surface area contributed by atoms with Gasteiger partial charge in [0.2, 0.25) is 10.0 Å². The SMILES string of the molecule is CS(=O)(=O)N1CCN(Cc2cc3nc(Cl)cc(N4CCOCC4)n3n2)CC1. The topological polar surface area (TPSA) is 83.3 Å². The number of fused-ring (bicyclic) bond motifs is 1. The zero-order chi connectivity index (χ0) is 19.0. The van der Waals surface area contributed by atoms with E-state index < -0.39 is 10.0 Å². The van der Waals surface area contributed by atoms with Gasteiger partial charge in [0.15, 0.2) is 5.65 Å².